The average molecular weight is 182 g/mol. The summed E-state index contributed by atoms with van der Waals surface area (Å²) in [4.78, 5) is 0. The van der Waals surface area contributed by atoms with Crippen LogP contribution < -0.4 is 10.6 Å². The van der Waals surface area contributed by atoms with Crippen LogP contribution in [0.5, 0.6) is 5.75 Å². The van der Waals surface area contributed by atoms with Gasteiger partial charge in [-0.25, -0.2) is 4.39 Å². The molecule has 0 aromatic heterocycles. The third-order valence-corrected chi connectivity index (χ3v) is 1.49. The maximum Gasteiger partial charge on any atom is 0.128 e. The van der Waals surface area contributed by atoms with E-state index in [1.807, 2.05) is 6.92 Å². The minimum Gasteiger partial charge on any atom is -0.493 e. The molecule has 0 aliphatic rings. The smallest absolute Gasteiger partial charge is 0.128 e. The molecule has 1 rings (SSSR count). The Kier molecular flexibility index (Phi) is 3.25. The lowest BCUT2D eigenvalue weighted by atomic mass is 10.2. The summed E-state index contributed by atoms with van der Waals surface area (Å²) in [6, 6.07) is 4.20. The number of nitrogens with two attached hydrogens (primary N) is 1. The Morgan fingerprint density at radius 1 is 1.62 bits per heavy atom. The van der Waals surface area contributed by atoms with Crippen LogP contribution >= 0.6 is 0 Å². The predicted molar refractivity (Wildman–Crippen MR) is 49.4 cm³/mol. The third kappa shape index (κ3) is 2.43. The lowest BCUT2D eigenvalue weighted by molar-refractivity contribution is 0.339. The first-order chi connectivity index (χ1) is 6.27. The van der Waals surface area contributed by atoms with E-state index in [0.29, 0.717) is 17.9 Å². The largest absolute Gasteiger partial charge is 0.493 e. The standard InChI is InChI=1S/C9H11FN2O/c1-2-13-9-4-3-8(10)5-7(9)6-12-11/h3-6H,2,11H2,1H3. The fraction of sp³-hybridized carbons (Fsp3) is 0.222. The van der Waals surface area contributed by atoms with Gasteiger partial charge < -0.3 is 10.6 Å². The predicted octanol–water partition coefficient (Wildman–Crippen LogP) is 1.52. The molecule has 0 aliphatic carbocycles. The fourth-order valence-electron chi connectivity index (χ4n) is 0.987. The Balaban J connectivity index is 3.03. The van der Waals surface area contributed by atoms with Crippen molar-refractivity contribution in [3.05, 3.63) is 29.6 Å². The van der Waals surface area contributed by atoms with Gasteiger partial charge in [0, 0.05) is 5.56 Å². The van der Waals surface area contributed by atoms with Crippen LogP contribution in [0.3, 0.4) is 0 Å². The van der Waals surface area contributed by atoms with Crippen molar-refractivity contribution < 1.29 is 9.13 Å². The van der Waals surface area contributed by atoms with Gasteiger partial charge in [-0.1, -0.05) is 0 Å². The van der Waals surface area contributed by atoms with Gasteiger partial charge in [0.05, 0.1) is 12.8 Å². The third-order valence-electron chi connectivity index (χ3n) is 1.49. The lowest BCUT2D eigenvalue weighted by Gasteiger charge is -2.05. The molecule has 0 heterocycles. The molecule has 3 nitrogen and oxygen atoms in total. The summed E-state index contributed by atoms with van der Waals surface area (Å²) in [5, 5.41) is 3.32. The van der Waals surface area contributed by atoms with Crippen LogP contribution in [-0.4, -0.2) is 12.8 Å². The Labute approximate surface area is 76.0 Å². The zero-order valence-corrected chi connectivity index (χ0v) is 7.33. The lowest BCUT2D eigenvalue weighted by Crippen LogP contribution is -1.97. The maximum atomic E-state index is 12.8. The summed E-state index contributed by atoms with van der Waals surface area (Å²) >= 11 is 0. The normalized spacial score (nSPS) is 10.6. The molecule has 0 atom stereocenters. The Hall–Kier alpha value is -1.58. The minimum atomic E-state index is -0.335. The molecule has 70 valence electrons. The van der Waals surface area contributed by atoms with Gasteiger partial charge in [0.15, 0.2) is 0 Å². The Morgan fingerprint density at radius 2 is 2.38 bits per heavy atom. The van der Waals surface area contributed by atoms with E-state index in [9.17, 15) is 4.39 Å². The highest BCUT2D eigenvalue weighted by Crippen LogP contribution is 2.17. The van der Waals surface area contributed by atoms with Crippen molar-refractivity contribution in [2.45, 2.75) is 6.92 Å². The van der Waals surface area contributed by atoms with E-state index in [2.05, 4.69) is 5.10 Å². The highest BCUT2D eigenvalue weighted by molar-refractivity contribution is 5.83. The van der Waals surface area contributed by atoms with Gasteiger partial charge >= 0.3 is 0 Å². The molecule has 0 saturated carbocycles. The number of hydrazone groups is 1. The van der Waals surface area contributed by atoms with Gasteiger partial charge in [-0.3, -0.25) is 0 Å². The van der Waals surface area contributed by atoms with E-state index >= 15 is 0 Å². The van der Waals surface area contributed by atoms with Crippen LogP contribution in [0.4, 0.5) is 4.39 Å². The molecule has 1 aromatic rings. The Morgan fingerprint density at radius 3 is 3.00 bits per heavy atom. The quantitative estimate of drug-likeness (QED) is 0.437. The highest BCUT2D eigenvalue weighted by atomic mass is 19.1. The molecular formula is C9H11FN2O. The number of nitrogens with zero attached hydrogens (tertiary/aromatic N) is 1. The van der Waals surface area contributed by atoms with E-state index in [-0.39, 0.29) is 5.82 Å². The second-order valence-electron chi connectivity index (χ2n) is 2.39. The van der Waals surface area contributed by atoms with Crippen molar-refractivity contribution in [3.63, 3.8) is 0 Å². The number of ether oxygens (including phenoxy) is 1. The average Bonchev–Trinajstić information content (AvgIpc) is 2.10. The van der Waals surface area contributed by atoms with Crippen LogP contribution in [0, 0.1) is 5.82 Å². The van der Waals surface area contributed by atoms with Crippen LogP contribution in [0.15, 0.2) is 23.3 Å². The molecule has 0 spiro atoms. The van der Waals surface area contributed by atoms with Crippen LogP contribution in [0.25, 0.3) is 0 Å². The van der Waals surface area contributed by atoms with Gasteiger partial charge in [-0.2, -0.15) is 5.10 Å². The van der Waals surface area contributed by atoms with Crippen molar-refractivity contribution in [2.75, 3.05) is 6.61 Å². The fourth-order valence-corrected chi connectivity index (χ4v) is 0.987. The summed E-state index contributed by atoms with van der Waals surface area (Å²) < 4.78 is 18.0. The summed E-state index contributed by atoms with van der Waals surface area (Å²) in [7, 11) is 0. The van der Waals surface area contributed by atoms with Crippen LogP contribution in [-0.2, 0) is 0 Å². The molecule has 2 N–H and O–H groups in total. The monoisotopic (exact) mass is 182 g/mol. The van der Waals surface area contributed by atoms with Gasteiger partial charge in [0.1, 0.15) is 11.6 Å². The van der Waals surface area contributed by atoms with Crippen LogP contribution in [0.1, 0.15) is 12.5 Å². The highest BCUT2D eigenvalue weighted by Gasteiger charge is 2.01. The number of hydrogen-bond acceptors (Lipinski definition) is 3. The number of halogens is 1. The van der Waals surface area contributed by atoms with E-state index in [1.54, 1.807) is 6.07 Å². The van der Waals surface area contributed by atoms with Gasteiger partial charge in [0.2, 0.25) is 0 Å². The topological polar surface area (TPSA) is 47.6 Å². The molecule has 0 amide bonds. The van der Waals surface area contributed by atoms with Crippen molar-refractivity contribution in [2.24, 2.45) is 10.9 Å². The van der Waals surface area contributed by atoms with Crippen molar-refractivity contribution in [1.29, 1.82) is 0 Å². The number of hydrogen-bond donors (Lipinski definition) is 1. The maximum absolute atomic E-state index is 12.8. The molecule has 0 aliphatic heterocycles. The molecule has 0 bridgehead atoms. The van der Waals surface area contributed by atoms with E-state index < -0.39 is 0 Å². The molecule has 13 heavy (non-hydrogen) atoms. The molecule has 0 radical (unpaired) electrons. The van der Waals surface area contributed by atoms with Crippen molar-refractivity contribution in [1.82, 2.24) is 0 Å². The zero-order chi connectivity index (χ0) is 9.68. The second kappa shape index (κ2) is 4.45. The van der Waals surface area contributed by atoms with Crippen molar-refractivity contribution >= 4 is 6.21 Å². The summed E-state index contributed by atoms with van der Waals surface area (Å²) in [5.74, 6) is 5.21. The first-order valence-electron chi connectivity index (χ1n) is 3.93. The summed E-state index contributed by atoms with van der Waals surface area (Å²) in [5.41, 5.74) is 0.546. The molecule has 4 heteroatoms. The SMILES string of the molecule is CCOc1ccc(F)cc1C=NN. The molecule has 0 saturated heterocycles. The summed E-state index contributed by atoms with van der Waals surface area (Å²) in [6.07, 6.45) is 1.36. The first kappa shape index (κ1) is 9.51. The first-order valence-corrected chi connectivity index (χ1v) is 3.93. The molecule has 0 fully saturated rings. The van der Waals surface area contributed by atoms with Crippen LogP contribution in [0.2, 0.25) is 0 Å². The van der Waals surface area contributed by atoms with E-state index in [0.717, 1.165) is 0 Å². The molecule has 0 unspecified atom stereocenters. The van der Waals surface area contributed by atoms with Gasteiger partial charge in [-0.15, -0.1) is 0 Å². The zero-order valence-electron chi connectivity index (χ0n) is 7.33. The summed E-state index contributed by atoms with van der Waals surface area (Å²) in [6.45, 7) is 2.38. The minimum absolute atomic E-state index is 0.335. The van der Waals surface area contributed by atoms with Crippen molar-refractivity contribution in [3.8, 4) is 5.75 Å². The number of benzene rings is 1. The Bertz CT molecular complexity index is 312. The van der Waals surface area contributed by atoms with Gasteiger partial charge in [-0.05, 0) is 25.1 Å². The number of rotatable bonds is 3. The molecular weight excluding hydrogens is 171 g/mol. The molecule has 1 aromatic carbocycles. The second-order valence-corrected chi connectivity index (χ2v) is 2.39. The van der Waals surface area contributed by atoms with E-state index in [4.69, 9.17) is 10.6 Å². The van der Waals surface area contributed by atoms with E-state index in [1.165, 1.54) is 18.3 Å². The van der Waals surface area contributed by atoms with Gasteiger partial charge in [0.25, 0.3) is 0 Å².